The molecule has 0 radical (unpaired) electrons. The molecule has 0 aliphatic carbocycles. The lowest BCUT2D eigenvalue weighted by Gasteiger charge is -2.10. The Kier molecular flexibility index (Phi) is 7.72. The number of nitrogens with zero attached hydrogens (tertiary/aromatic N) is 1. The van der Waals surface area contributed by atoms with Crippen LogP contribution in [0.2, 0.25) is 0 Å². The molecule has 1 aliphatic heterocycles. The van der Waals surface area contributed by atoms with E-state index in [9.17, 15) is 13.6 Å². The van der Waals surface area contributed by atoms with Crippen molar-refractivity contribution in [1.29, 1.82) is 0 Å². The van der Waals surface area contributed by atoms with Crippen LogP contribution in [0.4, 0.5) is 14.5 Å². The van der Waals surface area contributed by atoms with Crippen LogP contribution in [0.5, 0.6) is 11.5 Å². The highest BCUT2D eigenvalue weighted by atomic mass is 79.9. The lowest BCUT2D eigenvalue weighted by Crippen LogP contribution is -2.22. The molecule has 10 heteroatoms. The van der Waals surface area contributed by atoms with Crippen molar-refractivity contribution in [2.75, 3.05) is 25.5 Å². The van der Waals surface area contributed by atoms with E-state index in [1.54, 1.807) is 6.20 Å². The minimum absolute atomic E-state index is 0.0000466. The van der Waals surface area contributed by atoms with Crippen LogP contribution in [0.1, 0.15) is 12.8 Å². The van der Waals surface area contributed by atoms with Crippen LogP contribution < -0.4 is 15.4 Å². The molecule has 1 unspecified atom stereocenters. The summed E-state index contributed by atoms with van der Waals surface area (Å²) in [6, 6.07) is 3.44. The summed E-state index contributed by atoms with van der Waals surface area (Å²) in [6.07, 6.45) is 6.42. The number of pyridine rings is 1. The molecule has 0 spiro atoms. The van der Waals surface area contributed by atoms with E-state index in [-0.39, 0.29) is 11.4 Å². The third-order valence-corrected chi connectivity index (χ3v) is 5.00. The standard InChI is InChI=1S/C14H8BrF2N3O2.C6H13NO/c15-8-5-19-14-12(8)11(1-2-18-14)22-13-9(16)3-7(20-6-21)4-10(13)17;1-7-5-6-3-2-4-8-6/h1-6H,(H,18,19)(H,20,21);6-7H,2-5H2,1H3. The molecule has 30 heavy (non-hydrogen) atoms. The largest absolute Gasteiger partial charge is 0.450 e. The number of hydrogen-bond acceptors (Lipinski definition) is 5. The van der Waals surface area contributed by atoms with Crippen molar-refractivity contribution < 1.29 is 23.0 Å². The van der Waals surface area contributed by atoms with Gasteiger partial charge in [0.2, 0.25) is 6.41 Å². The number of fused-ring (bicyclic) bond motifs is 1. The summed E-state index contributed by atoms with van der Waals surface area (Å²) in [4.78, 5) is 17.3. The van der Waals surface area contributed by atoms with Crippen LogP contribution in [0.15, 0.2) is 35.1 Å². The second kappa shape index (κ2) is 10.5. The van der Waals surface area contributed by atoms with Crippen LogP contribution in [0, 0.1) is 11.6 Å². The van der Waals surface area contributed by atoms with Gasteiger partial charge in [0.1, 0.15) is 11.4 Å². The zero-order chi connectivity index (χ0) is 21.5. The van der Waals surface area contributed by atoms with Gasteiger partial charge in [-0.05, 0) is 41.9 Å². The van der Waals surface area contributed by atoms with Crippen molar-refractivity contribution >= 4 is 39.1 Å². The van der Waals surface area contributed by atoms with Gasteiger partial charge >= 0.3 is 0 Å². The van der Waals surface area contributed by atoms with Gasteiger partial charge in [-0.3, -0.25) is 4.79 Å². The molecule has 1 saturated heterocycles. The number of halogens is 3. The van der Waals surface area contributed by atoms with E-state index in [4.69, 9.17) is 9.47 Å². The first-order valence-corrected chi connectivity index (χ1v) is 10.1. The number of carbonyl (C=O) groups excluding carboxylic acids is 1. The zero-order valence-corrected chi connectivity index (χ0v) is 17.8. The highest BCUT2D eigenvalue weighted by Gasteiger charge is 2.17. The lowest BCUT2D eigenvalue weighted by atomic mass is 10.2. The first-order valence-electron chi connectivity index (χ1n) is 9.28. The lowest BCUT2D eigenvalue weighted by molar-refractivity contribution is -0.105. The number of hydrogen-bond donors (Lipinski definition) is 3. The van der Waals surface area contributed by atoms with Gasteiger partial charge in [-0.25, -0.2) is 13.8 Å². The topological polar surface area (TPSA) is 88.3 Å². The molecule has 1 aliphatic rings. The molecule has 3 aromatic rings. The quantitative estimate of drug-likeness (QED) is 0.454. The van der Waals surface area contributed by atoms with Gasteiger partial charge in [0.15, 0.2) is 17.4 Å². The molecule has 7 nitrogen and oxygen atoms in total. The molecule has 1 aromatic carbocycles. The van der Waals surface area contributed by atoms with Gasteiger partial charge in [-0.15, -0.1) is 0 Å². The Bertz CT molecular complexity index is 986. The molecular weight excluding hydrogens is 462 g/mol. The Hall–Kier alpha value is -2.56. The van der Waals surface area contributed by atoms with E-state index in [2.05, 4.69) is 36.5 Å². The zero-order valence-electron chi connectivity index (χ0n) is 16.2. The summed E-state index contributed by atoms with van der Waals surface area (Å²) >= 11 is 3.31. The highest BCUT2D eigenvalue weighted by Crippen LogP contribution is 2.36. The average molecular weight is 483 g/mol. The smallest absolute Gasteiger partial charge is 0.211 e. The van der Waals surface area contributed by atoms with Crippen molar-refractivity contribution in [3.05, 3.63) is 46.7 Å². The summed E-state index contributed by atoms with van der Waals surface area (Å²) in [5.41, 5.74) is 0.518. The van der Waals surface area contributed by atoms with Crippen LogP contribution in [-0.2, 0) is 9.53 Å². The Labute approximate surface area is 180 Å². The fourth-order valence-corrected chi connectivity index (χ4v) is 3.52. The van der Waals surface area contributed by atoms with Gasteiger partial charge in [0, 0.05) is 47.8 Å². The third kappa shape index (κ3) is 5.32. The fourth-order valence-electron chi connectivity index (χ4n) is 3.02. The fraction of sp³-hybridized carbons (Fsp3) is 0.300. The SMILES string of the molecule is CNCC1CCCO1.O=CNc1cc(F)c(Oc2ccnc3[nH]cc(Br)c23)c(F)c1. The van der Waals surface area contributed by atoms with E-state index in [1.165, 1.54) is 25.1 Å². The number of likely N-dealkylation sites (N-methyl/N-ethyl adjacent to an activating group) is 1. The predicted octanol–water partition coefficient (Wildman–Crippen LogP) is 4.35. The molecule has 2 aromatic heterocycles. The van der Waals surface area contributed by atoms with Gasteiger partial charge < -0.3 is 25.1 Å². The number of nitrogens with one attached hydrogen (secondary N) is 3. The Morgan fingerprint density at radius 3 is 2.80 bits per heavy atom. The number of H-pyrrole nitrogens is 1. The maximum Gasteiger partial charge on any atom is 0.211 e. The predicted molar refractivity (Wildman–Crippen MR) is 113 cm³/mol. The van der Waals surface area contributed by atoms with E-state index in [1.807, 2.05) is 7.05 Å². The average Bonchev–Trinajstić information content (AvgIpc) is 3.36. The molecule has 1 atom stereocenters. The monoisotopic (exact) mass is 482 g/mol. The van der Waals surface area contributed by atoms with Crippen molar-refractivity contribution in [3.8, 4) is 11.5 Å². The first-order chi connectivity index (χ1) is 14.5. The van der Waals surface area contributed by atoms with Crippen molar-refractivity contribution in [2.24, 2.45) is 0 Å². The van der Waals surface area contributed by atoms with Crippen LogP contribution in [0.3, 0.4) is 0 Å². The number of aromatic amines is 1. The van der Waals surface area contributed by atoms with Gasteiger partial charge in [-0.2, -0.15) is 0 Å². The van der Waals surface area contributed by atoms with E-state index < -0.39 is 17.4 Å². The molecule has 3 N–H and O–H groups in total. The van der Waals surface area contributed by atoms with Crippen LogP contribution in [-0.4, -0.2) is 42.7 Å². The van der Waals surface area contributed by atoms with Crippen molar-refractivity contribution in [1.82, 2.24) is 15.3 Å². The summed E-state index contributed by atoms with van der Waals surface area (Å²) in [6.45, 7) is 1.98. The summed E-state index contributed by atoms with van der Waals surface area (Å²) < 4.78 is 39.3. The number of rotatable bonds is 6. The highest BCUT2D eigenvalue weighted by molar-refractivity contribution is 9.10. The van der Waals surface area contributed by atoms with E-state index in [0.29, 0.717) is 28.0 Å². The molecule has 1 fully saturated rings. The maximum absolute atomic E-state index is 14.0. The number of carbonyl (C=O) groups is 1. The second-order valence-electron chi connectivity index (χ2n) is 6.50. The number of anilines is 1. The minimum Gasteiger partial charge on any atom is -0.450 e. The molecular formula is C20H21BrF2N4O3. The summed E-state index contributed by atoms with van der Waals surface area (Å²) in [5, 5.41) is 5.83. The normalized spacial score (nSPS) is 15.5. The molecule has 0 saturated carbocycles. The minimum atomic E-state index is -0.930. The van der Waals surface area contributed by atoms with E-state index >= 15 is 0 Å². The van der Waals surface area contributed by atoms with Crippen LogP contribution >= 0.6 is 15.9 Å². The summed E-state index contributed by atoms with van der Waals surface area (Å²) in [5.74, 6) is -2.17. The first kappa shape index (κ1) is 22.1. The number of benzene rings is 1. The molecule has 1 amide bonds. The van der Waals surface area contributed by atoms with Crippen molar-refractivity contribution in [2.45, 2.75) is 18.9 Å². The Morgan fingerprint density at radius 1 is 1.40 bits per heavy atom. The van der Waals surface area contributed by atoms with Gasteiger partial charge in [0.05, 0.1) is 11.5 Å². The molecule has 3 heterocycles. The van der Waals surface area contributed by atoms with Gasteiger partial charge in [0.25, 0.3) is 0 Å². The number of ether oxygens (including phenoxy) is 2. The second-order valence-corrected chi connectivity index (χ2v) is 7.35. The Balaban J connectivity index is 0.000000269. The summed E-state index contributed by atoms with van der Waals surface area (Å²) in [7, 11) is 1.96. The number of amides is 1. The molecule has 160 valence electrons. The number of aromatic nitrogens is 2. The Morgan fingerprint density at radius 2 is 2.17 bits per heavy atom. The third-order valence-electron chi connectivity index (χ3n) is 4.38. The molecule has 0 bridgehead atoms. The molecule has 4 rings (SSSR count). The van der Waals surface area contributed by atoms with Crippen LogP contribution in [0.25, 0.3) is 11.0 Å². The van der Waals surface area contributed by atoms with E-state index in [0.717, 1.165) is 25.3 Å². The maximum atomic E-state index is 14.0. The van der Waals surface area contributed by atoms with Crippen molar-refractivity contribution in [3.63, 3.8) is 0 Å². The van der Waals surface area contributed by atoms with Gasteiger partial charge in [-0.1, -0.05) is 0 Å².